The molecule has 1 heterocycles. The number of hydrogen-bond acceptors (Lipinski definition) is 4. The highest BCUT2D eigenvalue weighted by Gasteiger charge is 2.42. The molecule has 0 aliphatic heterocycles. The summed E-state index contributed by atoms with van der Waals surface area (Å²) in [6.45, 7) is 2.27. The van der Waals surface area contributed by atoms with Crippen LogP contribution in [-0.4, -0.2) is 17.3 Å². The lowest BCUT2D eigenvalue weighted by Crippen LogP contribution is -2.36. The first-order chi connectivity index (χ1) is 7.19. The molecular weight excluding hydrogens is 208 g/mol. The van der Waals surface area contributed by atoms with Crippen molar-refractivity contribution in [3.8, 4) is 6.07 Å². The Labute approximate surface area is 93.4 Å². The van der Waals surface area contributed by atoms with E-state index in [4.69, 9.17) is 5.26 Å². The lowest BCUT2D eigenvalue weighted by atomic mass is 10.2. The molecule has 0 aromatic carbocycles. The highest BCUT2D eigenvalue weighted by molar-refractivity contribution is 7.12. The van der Waals surface area contributed by atoms with E-state index in [1.54, 1.807) is 0 Å². The minimum atomic E-state index is -0.0454. The lowest BCUT2D eigenvalue weighted by Gasteiger charge is -2.19. The summed E-state index contributed by atoms with van der Waals surface area (Å²) in [5, 5.41) is 21.3. The summed E-state index contributed by atoms with van der Waals surface area (Å²) >= 11 is 1.51. The Morgan fingerprint density at radius 2 is 2.40 bits per heavy atom. The van der Waals surface area contributed by atoms with Crippen LogP contribution in [0.1, 0.15) is 35.6 Å². The predicted molar refractivity (Wildman–Crippen MR) is 59.6 cm³/mol. The van der Waals surface area contributed by atoms with Crippen LogP contribution in [0, 0.1) is 11.3 Å². The number of nitriles is 1. The van der Waals surface area contributed by atoms with Crippen molar-refractivity contribution in [3.05, 3.63) is 21.9 Å². The van der Waals surface area contributed by atoms with Crippen LogP contribution in [0.25, 0.3) is 0 Å². The molecule has 1 atom stereocenters. The highest BCUT2D eigenvalue weighted by Crippen LogP contribution is 2.37. The van der Waals surface area contributed by atoms with Gasteiger partial charge in [0.25, 0.3) is 0 Å². The van der Waals surface area contributed by atoms with Crippen LogP contribution in [0.5, 0.6) is 0 Å². The van der Waals surface area contributed by atoms with E-state index in [1.807, 2.05) is 12.1 Å². The maximum Gasteiger partial charge on any atom is 0.110 e. The third-order valence-corrected chi connectivity index (χ3v) is 4.02. The van der Waals surface area contributed by atoms with Crippen LogP contribution in [0.15, 0.2) is 12.1 Å². The molecule has 1 aliphatic carbocycles. The topological polar surface area (TPSA) is 56.0 Å². The Kier molecular flexibility index (Phi) is 2.79. The summed E-state index contributed by atoms with van der Waals surface area (Å²) < 4.78 is 0. The van der Waals surface area contributed by atoms with Crippen molar-refractivity contribution in [2.45, 2.75) is 31.3 Å². The Morgan fingerprint density at radius 1 is 1.67 bits per heavy atom. The van der Waals surface area contributed by atoms with Gasteiger partial charge in [-0.15, -0.1) is 11.3 Å². The van der Waals surface area contributed by atoms with E-state index in [9.17, 15) is 5.11 Å². The molecule has 2 N–H and O–H groups in total. The van der Waals surface area contributed by atoms with E-state index in [2.05, 4.69) is 18.3 Å². The van der Waals surface area contributed by atoms with Crippen molar-refractivity contribution in [2.24, 2.45) is 0 Å². The predicted octanol–water partition coefficient (Wildman–Crippen LogP) is 1.80. The molecular formula is C11H14N2OS. The molecule has 1 unspecified atom stereocenters. The molecule has 1 saturated carbocycles. The number of thiophene rings is 1. The van der Waals surface area contributed by atoms with Gasteiger partial charge in [-0.3, -0.25) is 0 Å². The largest absolute Gasteiger partial charge is 0.394 e. The zero-order chi connectivity index (χ0) is 10.9. The third kappa shape index (κ3) is 2.20. The molecule has 15 heavy (non-hydrogen) atoms. The molecule has 0 amide bonds. The number of hydrogen-bond donors (Lipinski definition) is 2. The second-order valence-corrected chi connectivity index (χ2v) is 5.23. The van der Waals surface area contributed by atoms with Crippen molar-refractivity contribution < 1.29 is 5.11 Å². The van der Waals surface area contributed by atoms with E-state index in [1.165, 1.54) is 11.3 Å². The van der Waals surface area contributed by atoms with Crippen molar-refractivity contribution in [1.82, 2.24) is 5.32 Å². The van der Waals surface area contributed by atoms with Gasteiger partial charge in [-0.1, -0.05) is 0 Å². The standard InChI is InChI=1S/C11H14N2OS/c1-8(13-11(7-14)4-5-11)10-3-2-9(6-12)15-10/h2-3,8,13-14H,4-5,7H2,1H3. The maximum atomic E-state index is 9.19. The summed E-state index contributed by atoms with van der Waals surface area (Å²) in [7, 11) is 0. The number of rotatable bonds is 4. The van der Waals surface area contributed by atoms with Gasteiger partial charge in [-0.2, -0.15) is 5.26 Å². The van der Waals surface area contributed by atoms with Gasteiger partial charge in [0, 0.05) is 16.5 Å². The van der Waals surface area contributed by atoms with Gasteiger partial charge in [-0.25, -0.2) is 0 Å². The Morgan fingerprint density at radius 3 is 2.87 bits per heavy atom. The number of nitrogens with one attached hydrogen (secondary N) is 1. The number of aliphatic hydroxyl groups excluding tert-OH is 1. The molecule has 4 heteroatoms. The summed E-state index contributed by atoms with van der Waals surface area (Å²) in [5.41, 5.74) is -0.0454. The van der Waals surface area contributed by atoms with E-state index in [-0.39, 0.29) is 18.2 Å². The van der Waals surface area contributed by atoms with E-state index < -0.39 is 0 Å². The molecule has 2 rings (SSSR count). The number of aliphatic hydroxyl groups is 1. The molecule has 0 radical (unpaired) electrons. The number of nitrogens with zero attached hydrogens (tertiary/aromatic N) is 1. The van der Waals surface area contributed by atoms with Crippen LogP contribution in [0.4, 0.5) is 0 Å². The monoisotopic (exact) mass is 222 g/mol. The van der Waals surface area contributed by atoms with Crippen molar-refractivity contribution in [1.29, 1.82) is 5.26 Å². The summed E-state index contributed by atoms with van der Waals surface area (Å²) in [6.07, 6.45) is 2.09. The molecule has 1 aromatic heterocycles. The second-order valence-electron chi connectivity index (χ2n) is 4.12. The van der Waals surface area contributed by atoms with Gasteiger partial charge in [0.2, 0.25) is 0 Å². The Balaban J connectivity index is 2.02. The van der Waals surface area contributed by atoms with Crippen LogP contribution in [0.3, 0.4) is 0 Å². The molecule has 3 nitrogen and oxygen atoms in total. The molecule has 80 valence electrons. The molecule has 0 bridgehead atoms. The molecule has 0 spiro atoms. The van der Waals surface area contributed by atoms with Gasteiger partial charge >= 0.3 is 0 Å². The van der Waals surface area contributed by atoms with E-state index in [0.29, 0.717) is 0 Å². The Bertz CT molecular complexity index is 390. The molecule has 1 aromatic rings. The van der Waals surface area contributed by atoms with Crippen molar-refractivity contribution in [2.75, 3.05) is 6.61 Å². The van der Waals surface area contributed by atoms with Crippen LogP contribution in [0.2, 0.25) is 0 Å². The molecule has 1 aliphatic rings. The fourth-order valence-electron chi connectivity index (χ4n) is 1.68. The SMILES string of the molecule is CC(NC1(CO)CC1)c1ccc(C#N)s1. The summed E-state index contributed by atoms with van der Waals surface area (Å²) in [6, 6.07) is 6.18. The van der Waals surface area contributed by atoms with Gasteiger partial charge in [0.1, 0.15) is 10.9 Å². The average molecular weight is 222 g/mol. The normalized spacial score (nSPS) is 19.5. The minimum absolute atomic E-state index is 0.0454. The zero-order valence-corrected chi connectivity index (χ0v) is 9.47. The third-order valence-electron chi connectivity index (χ3n) is 2.84. The average Bonchev–Trinajstić information content (AvgIpc) is 2.85. The minimum Gasteiger partial charge on any atom is -0.394 e. The first kappa shape index (κ1) is 10.6. The maximum absolute atomic E-state index is 9.19. The van der Waals surface area contributed by atoms with Crippen LogP contribution < -0.4 is 5.32 Å². The zero-order valence-electron chi connectivity index (χ0n) is 8.66. The van der Waals surface area contributed by atoms with Crippen molar-refractivity contribution >= 4 is 11.3 Å². The van der Waals surface area contributed by atoms with Gasteiger partial charge in [0.15, 0.2) is 0 Å². The van der Waals surface area contributed by atoms with Gasteiger partial charge < -0.3 is 10.4 Å². The summed E-state index contributed by atoms with van der Waals surface area (Å²) in [4.78, 5) is 1.90. The van der Waals surface area contributed by atoms with Gasteiger partial charge in [0.05, 0.1) is 6.61 Å². The smallest absolute Gasteiger partial charge is 0.110 e. The van der Waals surface area contributed by atoms with Crippen LogP contribution >= 0.6 is 11.3 Å². The summed E-state index contributed by atoms with van der Waals surface area (Å²) in [5.74, 6) is 0. The van der Waals surface area contributed by atoms with Crippen LogP contribution in [-0.2, 0) is 0 Å². The van der Waals surface area contributed by atoms with E-state index >= 15 is 0 Å². The molecule has 1 fully saturated rings. The fourth-order valence-corrected chi connectivity index (χ4v) is 2.48. The van der Waals surface area contributed by atoms with Crippen molar-refractivity contribution in [3.63, 3.8) is 0 Å². The first-order valence-corrected chi connectivity index (χ1v) is 5.89. The Hall–Kier alpha value is -0.890. The fraction of sp³-hybridized carbons (Fsp3) is 0.545. The molecule has 0 saturated heterocycles. The quantitative estimate of drug-likeness (QED) is 0.816. The first-order valence-electron chi connectivity index (χ1n) is 5.07. The second kappa shape index (κ2) is 3.93. The highest BCUT2D eigenvalue weighted by atomic mass is 32.1. The lowest BCUT2D eigenvalue weighted by molar-refractivity contribution is 0.221. The van der Waals surface area contributed by atoms with E-state index in [0.717, 1.165) is 22.6 Å². The van der Waals surface area contributed by atoms with Gasteiger partial charge in [-0.05, 0) is 31.9 Å².